The van der Waals surface area contributed by atoms with Gasteiger partial charge in [-0.15, -0.1) is 0 Å². The number of hydrogen-bond acceptors (Lipinski definition) is 0. The van der Waals surface area contributed by atoms with Crippen molar-refractivity contribution in [1.82, 2.24) is 0 Å². The molecule has 0 amide bonds. The maximum Gasteiger partial charge on any atom is -0.00574 e. The third-order valence-corrected chi connectivity index (χ3v) is 7.45. The van der Waals surface area contributed by atoms with Gasteiger partial charge in [-0.1, -0.05) is 120 Å². The van der Waals surface area contributed by atoms with Crippen molar-refractivity contribution >= 4 is 6.08 Å². The van der Waals surface area contributed by atoms with Gasteiger partial charge in [-0.25, -0.2) is 0 Å². The van der Waals surface area contributed by atoms with Crippen molar-refractivity contribution in [2.45, 2.75) is 97.3 Å². The second kappa shape index (κ2) is 8.74. The summed E-state index contributed by atoms with van der Waals surface area (Å²) in [6, 6.07) is 16.0. The second-order valence-corrected chi connectivity index (χ2v) is 11.3. The van der Waals surface area contributed by atoms with Crippen LogP contribution in [0, 0.1) is 5.41 Å². The third-order valence-electron chi connectivity index (χ3n) is 7.45. The van der Waals surface area contributed by atoms with Crippen molar-refractivity contribution in [3.63, 3.8) is 0 Å². The normalized spacial score (nSPS) is 19.4. The summed E-state index contributed by atoms with van der Waals surface area (Å²) in [7, 11) is 0. The van der Waals surface area contributed by atoms with E-state index in [-0.39, 0.29) is 5.41 Å². The van der Waals surface area contributed by atoms with Gasteiger partial charge < -0.3 is 0 Å². The lowest BCUT2D eigenvalue weighted by atomic mass is 9.75. The van der Waals surface area contributed by atoms with E-state index in [1.54, 1.807) is 5.57 Å². The minimum absolute atomic E-state index is 0.148. The van der Waals surface area contributed by atoms with Gasteiger partial charge in [0.15, 0.2) is 0 Å². The molecule has 0 heteroatoms. The zero-order valence-corrected chi connectivity index (χ0v) is 19.7. The van der Waals surface area contributed by atoms with Gasteiger partial charge in [0, 0.05) is 0 Å². The zero-order chi connectivity index (χ0) is 21.2. The highest BCUT2D eigenvalue weighted by molar-refractivity contribution is 5.82. The second-order valence-electron chi connectivity index (χ2n) is 11.3. The Morgan fingerprint density at radius 2 is 1.40 bits per heavy atom. The smallest absolute Gasteiger partial charge is 0.00574 e. The van der Waals surface area contributed by atoms with Crippen LogP contribution < -0.4 is 0 Å². The van der Waals surface area contributed by atoms with E-state index in [1.165, 1.54) is 85.6 Å². The molecule has 160 valence electrons. The average Bonchev–Trinajstić information content (AvgIpc) is 3.14. The topological polar surface area (TPSA) is 0 Å². The van der Waals surface area contributed by atoms with Gasteiger partial charge in [0.25, 0.3) is 0 Å². The molecule has 0 saturated heterocycles. The summed E-state index contributed by atoms with van der Waals surface area (Å²) >= 11 is 0. The van der Waals surface area contributed by atoms with Crippen molar-refractivity contribution in [1.29, 1.82) is 0 Å². The fourth-order valence-corrected chi connectivity index (χ4v) is 5.82. The Balaban J connectivity index is 1.64. The van der Waals surface area contributed by atoms with Crippen molar-refractivity contribution in [2.75, 3.05) is 0 Å². The largest absolute Gasteiger partial charge is 0.0646 e. The summed E-state index contributed by atoms with van der Waals surface area (Å²) < 4.78 is 0. The predicted octanol–water partition coefficient (Wildman–Crippen LogP) is 9.12. The molecule has 0 nitrogen and oxygen atoms in total. The van der Waals surface area contributed by atoms with E-state index in [0.717, 1.165) is 6.42 Å². The Morgan fingerprint density at radius 1 is 0.767 bits per heavy atom. The van der Waals surface area contributed by atoms with E-state index in [1.807, 2.05) is 0 Å². The van der Waals surface area contributed by atoms with Crippen LogP contribution in [-0.4, -0.2) is 0 Å². The molecule has 0 bridgehead atoms. The summed E-state index contributed by atoms with van der Waals surface area (Å²) in [5.74, 6) is 0. The first-order valence-corrected chi connectivity index (χ1v) is 12.3. The predicted molar refractivity (Wildman–Crippen MR) is 132 cm³/mol. The van der Waals surface area contributed by atoms with E-state index in [9.17, 15) is 0 Å². The molecule has 0 unspecified atom stereocenters. The maximum absolute atomic E-state index is 2.57. The lowest BCUT2D eigenvalue weighted by molar-refractivity contribution is 0.256. The van der Waals surface area contributed by atoms with E-state index in [0.29, 0.717) is 5.41 Å². The summed E-state index contributed by atoms with van der Waals surface area (Å²) in [4.78, 5) is 0. The Hall–Kier alpha value is -1.82. The molecule has 0 radical (unpaired) electrons. The molecule has 0 N–H and O–H groups in total. The SMILES string of the molecule is CC1(CC2=Cc3c(cccc3-c3ccccc3C(C)(C)C)C2)CCCCCCCC1. The third kappa shape index (κ3) is 4.74. The molecule has 2 aliphatic rings. The quantitative estimate of drug-likeness (QED) is 0.482. The minimum atomic E-state index is 0.148. The van der Waals surface area contributed by atoms with Gasteiger partial charge in [-0.2, -0.15) is 0 Å². The highest BCUT2D eigenvalue weighted by Gasteiger charge is 2.28. The average molecular weight is 401 g/mol. The van der Waals surface area contributed by atoms with Crippen LogP contribution in [0.5, 0.6) is 0 Å². The Labute approximate surface area is 184 Å². The van der Waals surface area contributed by atoms with Crippen molar-refractivity contribution in [3.8, 4) is 11.1 Å². The van der Waals surface area contributed by atoms with Gasteiger partial charge in [-0.05, 0) is 64.3 Å². The fourth-order valence-electron chi connectivity index (χ4n) is 5.82. The maximum atomic E-state index is 2.57. The van der Waals surface area contributed by atoms with Crippen LogP contribution in [0.1, 0.15) is 102 Å². The van der Waals surface area contributed by atoms with Crippen LogP contribution in [-0.2, 0) is 11.8 Å². The van der Waals surface area contributed by atoms with Crippen LogP contribution >= 0.6 is 0 Å². The van der Waals surface area contributed by atoms with E-state index in [4.69, 9.17) is 0 Å². The molecule has 1 fully saturated rings. The molecule has 30 heavy (non-hydrogen) atoms. The first-order chi connectivity index (χ1) is 14.4. The molecule has 1 saturated carbocycles. The van der Waals surface area contributed by atoms with Crippen LogP contribution in [0.2, 0.25) is 0 Å². The molecule has 2 aliphatic carbocycles. The molecule has 2 aromatic carbocycles. The standard InChI is InChI=1S/C30H40/c1-29(2,3)28-17-10-9-15-26(28)25-16-13-14-24-20-23(21-27(24)25)22-30(4)18-11-7-5-6-8-12-19-30/h9-10,13-17,21H,5-8,11-12,18-20,22H2,1-4H3. The minimum Gasteiger partial charge on any atom is -0.0646 e. The van der Waals surface area contributed by atoms with Gasteiger partial charge in [0.1, 0.15) is 0 Å². The monoisotopic (exact) mass is 400 g/mol. The summed E-state index contributed by atoms with van der Waals surface area (Å²) in [5.41, 5.74) is 9.59. The zero-order valence-electron chi connectivity index (χ0n) is 19.7. The van der Waals surface area contributed by atoms with Gasteiger partial charge in [0.05, 0.1) is 0 Å². The number of rotatable bonds is 3. The fraction of sp³-hybridized carbons (Fsp3) is 0.533. The van der Waals surface area contributed by atoms with Gasteiger partial charge >= 0.3 is 0 Å². The molecule has 2 aromatic rings. The Kier molecular flexibility index (Phi) is 6.24. The highest BCUT2D eigenvalue weighted by atomic mass is 14.3. The van der Waals surface area contributed by atoms with Crippen LogP contribution in [0.4, 0.5) is 0 Å². The molecular weight excluding hydrogens is 360 g/mol. The van der Waals surface area contributed by atoms with Crippen molar-refractivity contribution in [3.05, 3.63) is 64.7 Å². The van der Waals surface area contributed by atoms with Crippen molar-refractivity contribution < 1.29 is 0 Å². The van der Waals surface area contributed by atoms with E-state index < -0.39 is 0 Å². The summed E-state index contributed by atoms with van der Waals surface area (Å²) in [6.07, 6.45) is 16.4. The summed E-state index contributed by atoms with van der Waals surface area (Å²) in [5, 5.41) is 0. The molecule has 0 aromatic heterocycles. The van der Waals surface area contributed by atoms with E-state index in [2.05, 4.69) is 76.2 Å². The molecule has 0 aliphatic heterocycles. The highest BCUT2D eigenvalue weighted by Crippen LogP contribution is 2.44. The number of allylic oxidation sites excluding steroid dienone is 1. The Bertz CT molecular complexity index is 896. The van der Waals surface area contributed by atoms with Gasteiger partial charge in [-0.3, -0.25) is 0 Å². The molecule has 0 spiro atoms. The van der Waals surface area contributed by atoms with E-state index >= 15 is 0 Å². The van der Waals surface area contributed by atoms with Crippen LogP contribution in [0.25, 0.3) is 17.2 Å². The number of hydrogen-bond donors (Lipinski definition) is 0. The lowest BCUT2D eigenvalue weighted by Crippen LogP contribution is -2.17. The Morgan fingerprint density at radius 3 is 2.10 bits per heavy atom. The number of benzene rings is 2. The van der Waals surface area contributed by atoms with Crippen molar-refractivity contribution in [2.24, 2.45) is 5.41 Å². The molecular formula is C30H40. The van der Waals surface area contributed by atoms with Crippen LogP contribution in [0.3, 0.4) is 0 Å². The molecule has 0 atom stereocenters. The summed E-state index contributed by atoms with van der Waals surface area (Å²) in [6.45, 7) is 9.55. The molecule has 0 heterocycles. The molecule has 4 rings (SSSR count). The number of fused-ring (bicyclic) bond motifs is 1. The first kappa shape index (κ1) is 21.4. The first-order valence-electron chi connectivity index (χ1n) is 12.3. The van der Waals surface area contributed by atoms with Gasteiger partial charge in [0.2, 0.25) is 0 Å². The lowest BCUT2D eigenvalue weighted by Gasteiger charge is -2.30. The van der Waals surface area contributed by atoms with Crippen LogP contribution in [0.15, 0.2) is 48.0 Å².